The second kappa shape index (κ2) is 11.6. The summed E-state index contributed by atoms with van der Waals surface area (Å²) in [5.74, 6) is -3.03. The lowest BCUT2D eigenvalue weighted by atomic mass is 10.0. The maximum atomic E-state index is 13.1. The molecule has 1 saturated heterocycles. The number of nitrogens with zero attached hydrogens (tertiary/aromatic N) is 1. The van der Waals surface area contributed by atoms with Gasteiger partial charge in [0.15, 0.2) is 0 Å². The van der Waals surface area contributed by atoms with E-state index in [4.69, 9.17) is 10.8 Å². The Morgan fingerprint density at radius 2 is 1.78 bits per heavy atom. The highest BCUT2D eigenvalue weighted by atomic mass is 16.4. The highest BCUT2D eigenvalue weighted by Crippen LogP contribution is 2.20. The fraction of sp³-hybridized carbons (Fsp3) is 0.545. The lowest BCUT2D eigenvalue weighted by Crippen LogP contribution is -2.58. The van der Waals surface area contributed by atoms with Gasteiger partial charge < -0.3 is 31.5 Å². The summed E-state index contributed by atoms with van der Waals surface area (Å²) in [6, 6.07) is 4.86. The predicted molar refractivity (Wildman–Crippen MR) is 116 cm³/mol. The molecule has 0 radical (unpaired) electrons. The van der Waals surface area contributed by atoms with E-state index in [1.165, 1.54) is 4.90 Å². The fourth-order valence-electron chi connectivity index (χ4n) is 3.56. The minimum absolute atomic E-state index is 0.0881. The number of nitrogens with one attached hydrogen (secondary N) is 2. The summed E-state index contributed by atoms with van der Waals surface area (Å²) in [5.41, 5.74) is 6.74. The van der Waals surface area contributed by atoms with Crippen molar-refractivity contribution in [3.05, 3.63) is 35.9 Å². The van der Waals surface area contributed by atoms with Crippen LogP contribution in [0, 0.1) is 5.92 Å². The number of carbonyl (C=O) groups is 4. The van der Waals surface area contributed by atoms with Crippen molar-refractivity contribution in [2.45, 2.75) is 57.3 Å². The van der Waals surface area contributed by atoms with E-state index in [0.29, 0.717) is 19.4 Å². The van der Waals surface area contributed by atoms with E-state index in [2.05, 4.69) is 10.6 Å². The van der Waals surface area contributed by atoms with E-state index in [1.54, 1.807) is 24.3 Å². The number of aliphatic hydroxyl groups excluding tert-OH is 1. The Bertz CT molecular complexity index is 816. The summed E-state index contributed by atoms with van der Waals surface area (Å²) < 4.78 is 0. The van der Waals surface area contributed by atoms with Crippen molar-refractivity contribution in [3.63, 3.8) is 0 Å². The molecule has 6 N–H and O–H groups in total. The number of hydrogen-bond acceptors (Lipinski definition) is 6. The molecule has 1 aliphatic rings. The summed E-state index contributed by atoms with van der Waals surface area (Å²) in [6.07, 6.45) is 1.19. The molecule has 0 bridgehead atoms. The monoisotopic (exact) mass is 448 g/mol. The number of benzene rings is 1. The summed E-state index contributed by atoms with van der Waals surface area (Å²) in [6.45, 7) is 3.27. The third kappa shape index (κ3) is 6.51. The van der Waals surface area contributed by atoms with Crippen LogP contribution in [0.3, 0.4) is 0 Å². The zero-order valence-electron chi connectivity index (χ0n) is 18.4. The highest BCUT2D eigenvalue weighted by molar-refractivity contribution is 5.94. The third-order valence-corrected chi connectivity index (χ3v) is 5.55. The van der Waals surface area contributed by atoms with Crippen LogP contribution in [0.4, 0.5) is 0 Å². The molecule has 0 saturated carbocycles. The molecular weight excluding hydrogens is 416 g/mol. The number of rotatable bonds is 10. The van der Waals surface area contributed by atoms with Gasteiger partial charge >= 0.3 is 5.97 Å². The maximum Gasteiger partial charge on any atom is 0.328 e. The molecule has 32 heavy (non-hydrogen) atoms. The van der Waals surface area contributed by atoms with Crippen LogP contribution in [0.5, 0.6) is 0 Å². The van der Waals surface area contributed by atoms with Crippen LogP contribution in [-0.4, -0.2) is 76.1 Å². The van der Waals surface area contributed by atoms with Crippen molar-refractivity contribution in [2.75, 3.05) is 13.2 Å². The van der Waals surface area contributed by atoms with Gasteiger partial charge in [0.2, 0.25) is 17.7 Å². The minimum Gasteiger partial charge on any atom is -0.480 e. The molecule has 0 aliphatic carbocycles. The first-order valence-corrected chi connectivity index (χ1v) is 10.7. The van der Waals surface area contributed by atoms with Gasteiger partial charge in [0.25, 0.3) is 0 Å². The second-order valence-corrected chi connectivity index (χ2v) is 8.29. The Morgan fingerprint density at radius 3 is 2.34 bits per heavy atom. The fourth-order valence-corrected chi connectivity index (χ4v) is 3.56. The van der Waals surface area contributed by atoms with E-state index in [0.717, 1.165) is 5.56 Å². The first kappa shape index (κ1) is 25.3. The molecule has 1 aliphatic heterocycles. The normalized spacial score (nSPS) is 18.7. The zero-order chi connectivity index (χ0) is 23.8. The van der Waals surface area contributed by atoms with Crippen molar-refractivity contribution < 1.29 is 29.4 Å². The van der Waals surface area contributed by atoms with Gasteiger partial charge in [-0.3, -0.25) is 14.4 Å². The van der Waals surface area contributed by atoms with E-state index in [9.17, 15) is 24.3 Å². The number of aliphatic hydroxyl groups is 1. The van der Waals surface area contributed by atoms with Crippen LogP contribution in [0.15, 0.2) is 30.3 Å². The molecule has 4 atom stereocenters. The lowest BCUT2D eigenvalue weighted by Gasteiger charge is -2.29. The van der Waals surface area contributed by atoms with Gasteiger partial charge in [-0.2, -0.15) is 0 Å². The van der Waals surface area contributed by atoms with Gasteiger partial charge in [-0.1, -0.05) is 44.2 Å². The molecule has 1 aromatic carbocycles. The Kier molecular flexibility index (Phi) is 9.15. The van der Waals surface area contributed by atoms with Crippen molar-refractivity contribution in [1.82, 2.24) is 15.5 Å². The molecule has 4 unspecified atom stereocenters. The Balaban J connectivity index is 2.18. The van der Waals surface area contributed by atoms with Gasteiger partial charge in [0.1, 0.15) is 18.1 Å². The predicted octanol–water partition coefficient (Wildman–Crippen LogP) is -0.750. The lowest BCUT2D eigenvalue weighted by molar-refractivity contribution is -0.144. The molecule has 0 aromatic heterocycles. The van der Waals surface area contributed by atoms with Crippen molar-refractivity contribution in [3.8, 4) is 0 Å². The average Bonchev–Trinajstić information content (AvgIpc) is 3.26. The number of nitrogens with two attached hydrogens (primary N) is 1. The summed E-state index contributed by atoms with van der Waals surface area (Å²) in [7, 11) is 0. The van der Waals surface area contributed by atoms with Gasteiger partial charge in [0, 0.05) is 13.0 Å². The average molecular weight is 449 g/mol. The maximum absolute atomic E-state index is 13.1. The van der Waals surface area contributed by atoms with E-state index < -0.39 is 48.6 Å². The molecule has 176 valence electrons. The van der Waals surface area contributed by atoms with E-state index in [-0.39, 0.29) is 18.2 Å². The quantitative estimate of drug-likeness (QED) is 0.314. The number of carboxylic acid groups (broad SMARTS) is 1. The van der Waals surface area contributed by atoms with Crippen molar-refractivity contribution in [1.29, 1.82) is 0 Å². The van der Waals surface area contributed by atoms with Crippen LogP contribution in [0.2, 0.25) is 0 Å². The SMILES string of the molecule is CC(C)C(N)C(=O)N1CCCC1C(=O)NC(Cc1ccccc1)C(=O)NC(CO)C(=O)O. The molecule has 0 spiro atoms. The topological polar surface area (TPSA) is 162 Å². The van der Waals surface area contributed by atoms with Gasteiger partial charge in [0.05, 0.1) is 12.6 Å². The molecule has 10 nitrogen and oxygen atoms in total. The summed E-state index contributed by atoms with van der Waals surface area (Å²) >= 11 is 0. The highest BCUT2D eigenvalue weighted by Gasteiger charge is 2.38. The summed E-state index contributed by atoms with van der Waals surface area (Å²) in [5, 5.41) is 23.3. The Hall–Kier alpha value is -2.98. The van der Waals surface area contributed by atoms with Crippen LogP contribution < -0.4 is 16.4 Å². The second-order valence-electron chi connectivity index (χ2n) is 8.29. The molecule has 1 aromatic rings. The van der Waals surface area contributed by atoms with E-state index >= 15 is 0 Å². The van der Waals surface area contributed by atoms with Crippen LogP contribution in [-0.2, 0) is 25.6 Å². The Morgan fingerprint density at radius 1 is 1.12 bits per heavy atom. The molecule has 1 heterocycles. The first-order valence-electron chi connectivity index (χ1n) is 10.7. The number of amides is 3. The van der Waals surface area contributed by atoms with E-state index in [1.807, 2.05) is 19.9 Å². The van der Waals surface area contributed by atoms with Crippen molar-refractivity contribution in [2.24, 2.45) is 11.7 Å². The largest absolute Gasteiger partial charge is 0.480 e. The smallest absolute Gasteiger partial charge is 0.328 e. The third-order valence-electron chi connectivity index (χ3n) is 5.55. The van der Waals surface area contributed by atoms with Gasteiger partial charge in [-0.15, -0.1) is 0 Å². The van der Waals surface area contributed by atoms with Crippen LogP contribution >= 0.6 is 0 Å². The Labute approximate surface area is 187 Å². The number of carbonyl (C=O) groups excluding carboxylic acids is 3. The molecule has 3 amide bonds. The van der Waals surface area contributed by atoms with Gasteiger partial charge in [-0.05, 0) is 24.3 Å². The molecular formula is C22H32N4O6. The van der Waals surface area contributed by atoms with Gasteiger partial charge in [-0.25, -0.2) is 4.79 Å². The number of carboxylic acids is 1. The van der Waals surface area contributed by atoms with Crippen molar-refractivity contribution >= 4 is 23.7 Å². The molecule has 1 fully saturated rings. The minimum atomic E-state index is -1.49. The zero-order valence-corrected chi connectivity index (χ0v) is 18.4. The number of likely N-dealkylation sites (tertiary alicyclic amines) is 1. The summed E-state index contributed by atoms with van der Waals surface area (Å²) in [4.78, 5) is 51.2. The van der Waals surface area contributed by atoms with Crippen LogP contribution in [0.25, 0.3) is 0 Å². The first-order chi connectivity index (χ1) is 15.1. The molecule has 10 heteroatoms. The standard InChI is InChI=1S/C22H32N4O6/c1-13(2)18(23)21(30)26-10-6-9-17(26)20(29)24-15(11-14-7-4-3-5-8-14)19(28)25-16(12-27)22(31)32/h3-5,7-8,13,15-18,27H,6,9-12,23H2,1-2H3,(H,24,29)(H,25,28)(H,31,32). The number of hydrogen-bond donors (Lipinski definition) is 5. The molecule has 2 rings (SSSR count). The van der Waals surface area contributed by atoms with Crippen LogP contribution in [0.1, 0.15) is 32.3 Å². The number of aliphatic carboxylic acids is 1.